The van der Waals surface area contributed by atoms with Crippen LogP contribution in [0.2, 0.25) is 0 Å². The molecule has 4 N–H and O–H groups in total. The number of hydrogen-bond donors (Lipinski definition) is 4. The van der Waals surface area contributed by atoms with Gasteiger partial charge < -0.3 is 30.2 Å². The van der Waals surface area contributed by atoms with Crippen molar-refractivity contribution in [2.45, 2.75) is 63.6 Å². The molecule has 1 heterocycles. The fraction of sp³-hybridized carbons (Fsp3) is 0.538. The van der Waals surface area contributed by atoms with Crippen molar-refractivity contribution in [2.75, 3.05) is 20.3 Å². The Labute approximate surface area is 201 Å². The summed E-state index contributed by atoms with van der Waals surface area (Å²) in [5.41, 5.74) is 0.530. The lowest BCUT2D eigenvalue weighted by Crippen LogP contribution is -2.54. The molecule has 1 aromatic carbocycles. The lowest BCUT2D eigenvalue weighted by Gasteiger charge is -2.44. The Morgan fingerprint density at radius 3 is 2.71 bits per heavy atom. The smallest absolute Gasteiger partial charge is 0.330 e. The Balaban J connectivity index is 1.43. The molecule has 0 spiro atoms. The predicted molar refractivity (Wildman–Crippen MR) is 132 cm³/mol. The number of carbonyl (C=O) groups excluding carboxylic acids is 2. The van der Waals surface area contributed by atoms with E-state index in [1.807, 2.05) is 44.3 Å². The maximum Gasteiger partial charge on any atom is 0.330 e. The van der Waals surface area contributed by atoms with Crippen LogP contribution in [0.25, 0.3) is 10.9 Å². The Hall–Kier alpha value is -2.84. The molecule has 34 heavy (non-hydrogen) atoms. The van der Waals surface area contributed by atoms with Crippen LogP contribution in [0.4, 0.5) is 0 Å². The topological polar surface area (TPSA) is 113 Å². The zero-order valence-electron chi connectivity index (χ0n) is 20.5. The van der Waals surface area contributed by atoms with Crippen molar-refractivity contribution < 1.29 is 24.2 Å². The zero-order chi connectivity index (χ0) is 24.8. The van der Waals surface area contributed by atoms with Gasteiger partial charge in [0.1, 0.15) is 18.5 Å². The number of rotatable bonds is 10. The molecule has 8 heteroatoms. The van der Waals surface area contributed by atoms with E-state index in [-0.39, 0.29) is 18.1 Å². The summed E-state index contributed by atoms with van der Waals surface area (Å²) >= 11 is 0. The van der Waals surface area contributed by atoms with Crippen molar-refractivity contribution in [1.29, 1.82) is 0 Å². The fourth-order valence-electron chi connectivity index (χ4n) is 4.62. The largest absolute Gasteiger partial charge is 0.490 e. The minimum absolute atomic E-state index is 0.0803. The van der Waals surface area contributed by atoms with Gasteiger partial charge in [0.05, 0.1) is 7.11 Å². The van der Waals surface area contributed by atoms with Crippen LogP contribution >= 0.6 is 0 Å². The summed E-state index contributed by atoms with van der Waals surface area (Å²) in [7, 11) is 1.28. The van der Waals surface area contributed by atoms with Crippen LogP contribution in [0.15, 0.2) is 42.6 Å². The van der Waals surface area contributed by atoms with E-state index in [0.717, 1.165) is 48.4 Å². The molecule has 0 radical (unpaired) electrons. The van der Waals surface area contributed by atoms with Crippen molar-refractivity contribution in [3.8, 4) is 5.75 Å². The minimum Gasteiger partial charge on any atom is -0.490 e. The molecule has 3 rings (SSSR count). The van der Waals surface area contributed by atoms with Crippen molar-refractivity contribution in [2.24, 2.45) is 5.92 Å². The van der Waals surface area contributed by atoms with Gasteiger partial charge in [-0.15, -0.1) is 0 Å². The van der Waals surface area contributed by atoms with Gasteiger partial charge in [-0.3, -0.25) is 4.79 Å². The molecule has 1 unspecified atom stereocenters. The van der Waals surface area contributed by atoms with E-state index in [4.69, 9.17) is 4.74 Å². The number of ether oxygens (including phenoxy) is 2. The molecule has 1 aliphatic rings. The number of aliphatic hydroxyl groups excluding tert-OH is 1. The third-order valence-electron chi connectivity index (χ3n) is 6.88. The van der Waals surface area contributed by atoms with Crippen molar-refractivity contribution in [3.63, 3.8) is 0 Å². The van der Waals surface area contributed by atoms with E-state index in [1.54, 1.807) is 0 Å². The number of carbonyl (C=O) groups is 2. The lowest BCUT2D eigenvalue weighted by molar-refractivity contribution is -0.135. The second-order valence-corrected chi connectivity index (χ2v) is 9.94. The van der Waals surface area contributed by atoms with E-state index in [0.29, 0.717) is 12.5 Å². The quantitative estimate of drug-likeness (QED) is 0.313. The molecule has 2 aromatic rings. The first kappa shape index (κ1) is 25.8. The molecular weight excluding hydrogens is 434 g/mol. The lowest BCUT2D eigenvalue weighted by atomic mass is 9.70. The summed E-state index contributed by atoms with van der Waals surface area (Å²) < 4.78 is 10.4. The second-order valence-electron chi connectivity index (χ2n) is 9.94. The first-order valence-electron chi connectivity index (χ1n) is 11.8. The normalized spacial score (nSPS) is 22.0. The van der Waals surface area contributed by atoms with Gasteiger partial charge in [0, 0.05) is 46.9 Å². The number of fused-ring (bicyclic) bond motifs is 1. The summed E-state index contributed by atoms with van der Waals surface area (Å²) in [4.78, 5) is 26.5. The summed E-state index contributed by atoms with van der Waals surface area (Å²) in [6.07, 6.45) is 7.35. The van der Waals surface area contributed by atoms with Gasteiger partial charge in [-0.05, 0) is 70.6 Å². The highest BCUT2D eigenvalue weighted by molar-refractivity contribution is 5.94. The summed E-state index contributed by atoms with van der Waals surface area (Å²) in [6.45, 7) is 6.88. The maximum absolute atomic E-state index is 12.2. The summed E-state index contributed by atoms with van der Waals surface area (Å²) in [5, 5.41) is 18.0. The number of aromatic amines is 1. The van der Waals surface area contributed by atoms with Gasteiger partial charge in [0.15, 0.2) is 0 Å². The highest BCUT2D eigenvalue weighted by atomic mass is 16.5. The molecule has 0 bridgehead atoms. The van der Waals surface area contributed by atoms with Crippen LogP contribution in [0.1, 0.15) is 46.5 Å². The first-order chi connectivity index (χ1) is 16.1. The standard InChI is InChI=1S/C26H37N3O5/c1-25(2,29-23(31)8-9-24(32)33-4)18-10-13-26(3,14-11-18)28-16-19(30)17-34-22-7-5-6-21-20(22)12-15-27-21/h5-9,12,15,18-19,27-28,30H,10-11,13-14,16-17H2,1-4H3,(H,29,31)/b9-8+. The minimum atomic E-state index is -0.624. The Kier molecular flexibility index (Phi) is 8.38. The van der Waals surface area contributed by atoms with Crippen molar-refractivity contribution >= 4 is 22.8 Å². The molecule has 1 aromatic heterocycles. The number of hydrogen-bond acceptors (Lipinski definition) is 6. The Morgan fingerprint density at radius 1 is 1.26 bits per heavy atom. The number of benzene rings is 1. The van der Waals surface area contributed by atoms with Crippen LogP contribution < -0.4 is 15.4 Å². The number of aromatic nitrogens is 1. The Bertz CT molecular complexity index is 1000. The van der Waals surface area contributed by atoms with Gasteiger partial charge in [-0.1, -0.05) is 6.07 Å². The Morgan fingerprint density at radius 2 is 2.00 bits per heavy atom. The number of methoxy groups -OCH3 is 1. The number of β-amino-alcohol motifs (C(OH)–C–C–N with tert-alkyl or cyclic N) is 1. The zero-order valence-corrected chi connectivity index (χ0v) is 20.5. The fourth-order valence-corrected chi connectivity index (χ4v) is 4.62. The summed E-state index contributed by atoms with van der Waals surface area (Å²) in [6, 6.07) is 7.79. The van der Waals surface area contributed by atoms with Gasteiger partial charge in [0.2, 0.25) is 5.91 Å². The highest BCUT2D eigenvalue weighted by Gasteiger charge is 2.38. The van der Waals surface area contributed by atoms with Crippen LogP contribution in [0, 0.1) is 5.92 Å². The van der Waals surface area contributed by atoms with E-state index in [9.17, 15) is 14.7 Å². The SMILES string of the molecule is COC(=O)/C=C/C(=O)NC(C)(C)C1CCC(C)(NCC(O)COc2cccc3[nH]ccc23)CC1. The monoisotopic (exact) mass is 471 g/mol. The number of esters is 1. The third kappa shape index (κ3) is 6.84. The van der Waals surface area contributed by atoms with E-state index in [2.05, 4.69) is 27.3 Å². The van der Waals surface area contributed by atoms with Gasteiger partial charge in [-0.25, -0.2) is 4.79 Å². The number of nitrogens with one attached hydrogen (secondary N) is 3. The molecule has 186 valence electrons. The van der Waals surface area contributed by atoms with Crippen molar-refractivity contribution in [1.82, 2.24) is 15.6 Å². The van der Waals surface area contributed by atoms with Gasteiger partial charge >= 0.3 is 5.97 Å². The third-order valence-corrected chi connectivity index (χ3v) is 6.88. The van der Waals surface area contributed by atoms with E-state index < -0.39 is 17.6 Å². The van der Waals surface area contributed by atoms with Crippen molar-refractivity contribution in [3.05, 3.63) is 42.6 Å². The number of amides is 1. The van der Waals surface area contributed by atoms with Gasteiger partial charge in [-0.2, -0.15) is 0 Å². The second kappa shape index (κ2) is 11.1. The average molecular weight is 472 g/mol. The van der Waals surface area contributed by atoms with E-state index in [1.165, 1.54) is 13.2 Å². The molecule has 1 atom stereocenters. The molecule has 1 aliphatic carbocycles. The number of H-pyrrole nitrogens is 1. The molecule has 1 amide bonds. The molecule has 0 aliphatic heterocycles. The first-order valence-corrected chi connectivity index (χ1v) is 11.8. The highest BCUT2D eigenvalue weighted by Crippen LogP contribution is 2.37. The molecule has 1 saturated carbocycles. The van der Waals surface area contributed by atoms with Crippen LogP contribution in [-0.4, -0.2) is 59.4 Å². The van der Waals surface area contributed by atoms with Crippen LogP contribution in [0.5, 0.6) is 5.75 Å². The van der Waals surface area contributed by atoms with Gasteiger partial charge in [0.25, 0.3) is 0 Å². The van der Waals surface area contributed by atoms with Crippen LogP contribution in [0.3, 0.4) is 0 Å². The van der Waals surface area contributed by atoms with E-state index >= 15 is 0 Å². The molecular formula is C26H37N3O5. The molecule has 1 fully saturated rings. The van der Waals surface area contributed by atoms with Crippen LogP contribution in [-0.2, 0) is 14.3 Å². The predicted octanol–water partition coefficient (Wildman–Crippen LogP) is 3.07. The average Bonchev–Trinajstić information content (AvgIpc) is 3.29. The summed E-state index contributed by atoms with van der Waals surface area (Å²) in [5.74, 6) is 0.213. The number of aliphatic hydroxyl groups is 1. The maximum atomic E-state index is 12.2. The molecule has 8 nitrogen and oxygen atoms in total. The molecule has 0 saturated heterocycles.